The van der Waals surface area contributed by atoms with Gasteiger partial charge in [-0.15, -0.1) is 0 Å². The number of nitrogens with two attached hydrogens (primary N) is 1. The van der Waals surface area contributed by atoms with Gasteiger partial charge in [-0.25, -0.2) is 0 Å². The zero-order valence-corrected chi connectivity index (χ0v) is 8.61. The molecular formula is C12H18N2. The summed E-state index contributed by atoms with van der Waals surface area (Å²) in [5, 5.41) is 3.49. The molecule has 1 aliphatic heterocycles. The molecule has 3 N–H and O–H groups in total. The Labute approximate surface area is 85.5 Å². The Hall–Kier alpha value is -0.860. The highest BCUT2D eigenvalue weighted by Gasteiger charge is 2.27. The second-order valence-electron chi connectivity index (χ2n) is 4.19. The molecule has 0 amide bonds. The van der Waals surface area contributed by atoms with E-state index in [2.05, 4.69) is 36.5 Å². The molecule has 2 rings (SSSR count). The van der Waals surface area contributed by atoms with Crippen LogP contribution in [-0.4, -0.2) is 12.6 Å². The van der Waals surface area contributed by atoms with Crippen LogP contribution >= 0.6 is 0 Å². The summed E-state index contributed by atoms with van der Waals surface area (Å²) in [7, 11) is 0. The van der Waals surface area contributed by atoms with Crippen molar-refractivity contribution in [2.24, 2.45) is 11.7 Å². The molecule has 3 atom stereocenters. The van der Waals surface area contributed by atoms with Crippen LogP contribution in [0.25, 0.3) is 0 Å². The molecule has 0 spiro atoms. The molecule has 2 nitrogen and oxygen atoms in total. The van der Waals surface area contributed by atoms with Crippen molar-refractivity contribution in [1.29, 1.82) is 0 Å². The van der Waals surface area contributed by atoms with E-state index in [-0.39, 0.29) is 6.04 Å². The highest BCUT2D eigenvalue weighted by atomic mass is 15.0. The van der Waals surface area contributed by atoms with E-state index in [9.17, 15) is 0 Å². The Morgan fingerprint density at radius 3 is 2.71 bits per heavy atom. The minimum Gasteiger partial charge on any atom is -0.326 e. The largest absolute Gasteiger partial charge is 0.326 e. The third-order valence-electron chi connectivity index (χ3n) is 3.16. The third kappa shape index (κ3) is 1.81. The summed E-state index contributed by atoms with van der Waals surface area (Å²) in [5.41, 5.74) is 7.50. The van der Waals surface area contributed by atoms with Crippen LogP contribution in [0.3, 0.4) is 0 Å². The van der Waals surface area contributed by atoms with Crippen molar-refractivity contribution in [3.05, 3.63) is 35.9 Å². The lowest BCUT2D eigenvalue weighted by Gasteiger charge is -2.35. The molecular weight excluding hydrogens is 172 g/mol. The molecule has 1 aliphatic rings. The van der Waals surface area contributed by atoms with Gasteiger partial charge in [-0.2, -0.15) is 0 Å². The van der Waals surface area contributed by atoms with Crippen molar-refractivity contribution in [3.8, 4) is 0 Å². The zero-order chi connectivity index (χ0) is 9.97. The summed E-state index contributed by atoms with van der Waals surface area (Å²) in [6.07, 6.45) is 1.19. The molecule has 0 aliphatic carbocycles. The van der Waals surface area contributed by atoms with Crippen molar-refractivity contribution < 1.29 is 0 Å². The summed E-state index contributed by atoms with van der Waals surface area (Å²) < 4.78 is 0. The van der Waals surface area contributed by atoms with E-state index in [1.54, 1.807) is 0 Å². The van der Waals surface area contributed by atoms with Gasteiger partial charge in [0.25, 0.3) is 0 Å². The second-order valence-corrected chi connectivity index (χ2v) is 4.19. The summed E-state index contributed by atoms with van der Waals surface area (Å²) in [4.78, 5) is 0. The van der Waals surface area contributed by atoms with Gasteiger partial charge in [-0.3, -0.25) is 0 Å². The lowest BCUT2D eigenvalue weighted by molar-refractivity contribution is 0.275. The third-order valence-corrected chi connectivity index (χ3v) is 3.16. The monoisotopic (exact) mass is 190 g/mol. The molecule has 2 heteroatoms. The maximum absolute atomic E-state index is 6.19. The SMILES string of the molecule is CC1CCNC(c2ccccc2)C1N. The highest BCUT2D eigenvalue weighted by Crippen LogP contribution is 2.25. The number of piperidine rings is 1. The minimum atomic E-state index is 0.242. The molecule has 1 saturated heterocycles. The van der Waals surface area contributed by atoms with E-state index in [0.717, 1.165) is 6.54 Å². The van der Waals surface area contributed by atoms with Gasteiger partial charge in [0.2, 0.25) is 0 Å². The van der Waals surface area contributed by atoms with Crippen LogP contribution in [0.1, 0.15) is 24.9 Å². The van der Waals surface area contributed by atoms with Crippen LogP contribution in [0.15, 0.2) is 30.3 Å². The second kappa shape index (κ2) is 4.11. The van der Waals surface area contributed by atoms with E-state index in [1.165, 1.54) is 12.0 Å². The maximum atomic E-state index is 6.19. The van der Waals surface area contributed by atoms with Gasteiger partial charge in [0.1, 0.15) is 0 Å². The molecule has 3 unspecified atom stereocenters. The van der Waals surface area contributed by atoms with Gasteiger partial charge < -0.3 is 11.1 Å². The Balaban J connectivity index is 2.17. The van der Waals surface area contributed by atoms with Crippen LogP contribution in [0.2, 0.25) is 0 Å². The van der Waals surface area contributed by atoms with Gasteiger partial charge in [-0.05, 0) is 24.4 Å². The zero-order valence-electron chi connectivity index (χ0n) is 8.61. The highest BCUT2D eigenvalue weighted by molar-refractivity contribution is 5.21. The van der Waals surface area contributed by atoms with E-state index in [4.69, 9.17) is 5.73 Å². The lowest BCUT2D eigenvalue weighted by atomic mass is 9.85. The first-order chi connectivity index (χ1) is 6.79. The van der Waals surface area contributed by atoms with Gasteiger partial charge in [-0.1, -0.05) is 37.3 Å². The summed E-state index contributed by atoms with van der Waals surface area (Å²) in [6.45, 7) is 3.32. The fourth-order valence-electron chi connectivity index (χ4n) is 2.12. The number of benzene rings is 1. The quantitative estimate of drug-likeness (QED) is 0.707. The maximum Gasteiger partial charge on any atom is 0.0476 e. The molecule has 1 fully saturated rings. The first-order valence-electron chi connectivity index (χ1n) is 5.33. The fourth-order valence-corrected chi connectivity index (χ4v) is 2.12. The smallest absolute Gasteiger partial charge is 0.0476 e. The van der Waals surface area contributed by atoms with Gasteiger partial charge >= 0.3 is 0 Å². The van der Waals surface area contributed by atoms with Crippen LogP contribution in [0.5, 0.6) is 0 Å². The van der Waals surface area contributed by atoms with Crippen molar-refractivity contribution in [2.75, 3.05) is 6.54 Å². The predicted molar refractivity (Wildman–Crippen MR) is 58.9 cm³/mol. The van der Waals surface area contributed by atoms with Crippen LogP contribution in [0.4, 0.5) is 0 Å². The predicted octanol–water partition coefficient (Wildman–Crippen LogP) is 1.68. The first-order valence-corrected chi connectivity index (χ1v) is 5.33. The number of hydrogen-bond acceptors (Lipinski definition) is 2. The molecule has 1 aromatic carbocycles. The number of nitrogens with one attached hydrogen (secondary N) is 1. The fraction of sp³-hybridized carbons (Fsp3) is 0.500. The van der Waals surface area contributed by atoms with Gasteiger partial charge in [0.15, 0.2) is 0 Å². The molecule has 0 aromatic heterocycles. The molecule has 0 saturated carbocycles. The topological polar surface area (TPSA) is 38.0 Å². The van der Waals surface area contributed by atoms with Crippen molar-refractivity contribution in [2.45, 2.75) is 25.4 Å². The van der Waals surface area contributed by atoms with E-state index in [0.29, 0.717) is 12.0 Å². The first kappa shape index (κ1) is 9.69. The van der Waals surface area contributed by atoms with Crippen LogP contribution in [-0.2, 0) is 0 Å². The molecule has 1 aromatic rings. The molecule has 0 radical (unpaired) electrons. The van der Waals surface area contributed by atoms with Crippen LogP contribution in [0, 0.1) is 5.92 Å². The summed E-state index contributed by atoms with van der Waals surface area (Å²) >= 11 is 0. The Morgan fingerprint density at radius 1 is 1.29 bits per heavy atom. The normalized spacial score (nSPS) is 32.9. The van der Waals surface area contributed by atoms with Crippen molar-refractivity contribution in [1.82, 2.24) is 5.32 Å². The summed E-state index contributed by atoms with van der Waals surface area (Å²) in [6, 6.07) is 11.1. The number of hydrogen-bond donors (Lipinski definition) is 2. The van der Waals surface area contributed by atoms with Gasteiger partial charge in [0, 0.05) is 12.1 Å². The molecule has 76 valence electrons. The minimum absolute atomic E-state index is 0.242. The van der Waals surface area contributed by atoms with E-state index in [1.807, 2.05) is 6.07 Å². The van der Waals surface area contributed by atoms with E-state index < -0.39 is 0 Å². The molecule has 14 heavy (non-hydrogen) atoms. The van der Waals surface area contributed by atoms with Crippen molar-refractivity contribution >= 4 is 0 Å². The number of rotatable bonds is 1. The average Bonchev–Trinajstić information content (AvgIpc) is 2.23. The Bertz CT molecular complexity index is 284. The van der Waals surface area contributed by atoms with Crippen molar-refractivity contribution in [3.63, 3.8) is 0 Å². The van der Waals surface area contributed by atoms with Crippen LogP contribution < -0.4 is 11.1 Å². The van der Waals surface area contributed by atoms with E-state index >= 15 is 0 Å². The Kier molecular flexibility index (Phi) is 2.85. The summed E-state index contributed by atoms with van der Waals surface area (Å²) in [5.74, 6) is 0.612. The Morgan fingerprint density at radius 2 is 2.00 bits per heavy atom. The molecule has 1 heterocycles. The lowest BCUT2D eigenvalue weighted by Crippen LogP contribution is -2.47. The van der Waals surface area contributed by atoms with Gasteiger partial charge in [0.05, 0.1) is 0 Å². The molecule has 0 bridgehead atoms. The average molecular weight is 190 g/mol. The standard InChI is InChI=1S/C12H18N2/c1-9-7-8-14-12(11(9)13)10-5-3-2-4-6-10/h2-6,9,11-12,14H,7-8,13H2,1H3.